The summed E-state index contributed by atoms with van der Waals surface area (Å²) in [6.45, 7) is 2.57. The Kier molecular flexibility index (Phi) is 6.86. The predicted octanol–water partition coefficient (Wildman–Crippen LogP) is -0.654. The molecule has 0 aromatic heterocycles. The van der Waals surface area contributed by atoms with Crippen LogP contribution in [0.3, 0.4) is 0 Å². The molecule has 0 amide bonds. The van der Waals surface area contributed by atoms with Gasteiger partial charge in [0.05, 0.1) is 5.75 Å². The highest BCUT2D eigenvalue weighted by Gasteiger charge is 2.01. The summed E-state index contributed by atoms with van der Waals surface area (Å²) in [5.41, 5.74) is 0. The standard InChI is InChI=1S/C3H6O3.C2H6O3S/c1-2(4)3(5)6;1-2-6(3,4)5/h2,4H,1H3,(H,5,6);2H2,1H3,(H,3,4,5). The van der Waals surface area contributed by atoms with Crippen molar-refractivity contribution in [3.63, 3.8) is 0 Å². The number of carboxylic acids is 1. The summed E-state index contributed by atoms with van der Waals surface area (Å²) in [5, 5.41) is 15.8. The molecule has 0 heterocycles. The fourth-order valence-corrected chi connectivity index (χ4v) is 0. The van der Waals surface area contributed by atoms with Gasteiger partial charge in [-0.3, -0.25) is 4.55 Å². The van der Waals surface area contributed by atoms with Gasteiger partial charge >= 0.3 is 5.97 Å². The van der Waals surface area contributed by atoms with E-state index in [0.717, 1.165) is 0 Å². The van der Waals surface area contributed by atoms with Crippen LogP contribution in [0.15, 0.2) is 0 Å². The second-order valence-corrected chi connectivity index (χ2v) is 3.63. The van der Waals surface area contributed by atoms with Crippen LogP contribution in [0.25, 0.3) is 0 Å². The van der Waals surface area contributed by atoms with Gasteiger partial charge < -0.3 is 10.2 Å². The van der Waals surface area contributed by atoms with Crippen LogP contribution in [0.5, 0.6) is 0 Å². The number of carboxylic acid groups (broad SMARTS) is 1. The number of aliphatic hydroxyl groups is 1. The van der Waals surface area contributed by atoms with Gasteiger partial charge in [-0.15, -0.1) is 0 Å². The molecule has 3 N–H and O–H groups in total. The monoisotopic (exact) mass is 200 g/mol. The Balaban J connectivity index is 0. The maximum atomic E-state index is 9.56. The molecule has 1 unspecified atom stereocenters. The molecule has 7 heteroatoms. The number of hydrogen-bond donors (Lipinski definition) is 3. The van der Waals surface area contributed by atoms with Gasteiger partial charge in [0.1, 0.15) is 6.10 Å². The zero-order valence-corrected chi connectivity index (χ0v) is 7.58. The first-order chi connectivity index (χ1) is 5.20. The Bertz CT molecular complexity index is 216. The van der Waals surface area contributed by atoms with Gasteiger partial charge in [-0.1, -0.05) is 0 Å². The number of aliphatic carboxylic acids is 1. The molecular weight excluding hydrogens is 188 g/mol. The number of hydrogen-bond acceptors (Lipinski definition) is 4. The lowest BCUT2D eigenvalue weighted by molar-refractivity contribution is -0.145. The molecule has 6 nitrogen and oxygen atoms in total. The van der Waals surface area contributed by atoms with E-state index in [1.165, 1.54) is 13.8 Å². The number of carbonyl (C=O) groups is 1. The maximum Gasteiger partial charge on any atom is 0.332 e. The second-order valence-electron chi connectivity index (χ2n) is 1.88. The summed E-state index contributed by atoms with van der Waals surface area (Å²) in [4.78, 5) is 9.45. The van der Waals surface area contributed by atoms with Gasteiger partial charge in [0, 0.05) is 0 Å². The summed E-state index contributed by atoms with van der Waals surface area (Å²) in [7, 11) is -3.66. The van der Waals surface area contributed by atoms with Crippen molar-refractivity contribution in [2.24, 2.45) is 0 Å². The van der Waals surface area contributed by atoms with Crippen molar-refractivity contribution in [1.29, 1.82) is 0 Å². The lowest BCUT2D eigenvalue weighted by atomic mass is 10.4. The predicted molar refractivity (Wildman–Crippen MR) is 41.4 cm³/mol. The van der Waals surface area contributed by atoms with E-state index in [0.29, 0.717) is 0 Å². The van der Waals surface area contributed by atoms with Crippen LogP contribution in [0.2, 0.25) is 0 Å². The molecule has 1 atom stereocenters. The molecule has 0 saturated heterocycles. The normalized spacial score (nSPS) is 12.7. The highest BCUT2D eigenvalue weighted by atomic mass is 32.2. The van der Waals surface area contributed by atoms with E-state index in [9.17, 15) is 13.2 Å². The van der Waals surface area contributed by atoms with Crippen LogP contribution in [0, 0.1) is 0 Å². The quantitative estimate of drug-likeness (QED) is 0.510. The van der Waals surface area contributed by atoms with E-state index in [4.69, 9.17) is 14.8 Å². The lowest BCUT2D eigenvalue weighted by Crippen LogP contribution is -2.13. The number of aliphatic hydroxyl groups excluding tert-OH is 1. The summed E-state index contributed by atoms with van der Waals surface area (Å²) >= 11 is 0. The van der Waals surface area contributed by atoms with Gasteiger partial charge in [0.2, 0.25) is 0 Å². The van der Waals surface area contributed by atoms with E-state index in [-0.39, 0.29) is 5.75 Å². The molecule has 0 aromatic carbocycles. The van der Waals surface area contributed by atoms with Gasteiger partial charge in [0.25, 0.3) is 10.1 Å². The third-order valence-corrected chi connectivity index (χ3v) is 1.45. The minimum Gasteiger partial charge on any atom is -0.479 e. The van der Waals surface area contributed by atoms with E-state index in [2.05, 4.69) is 0 Å². The Morgan fingerprint density at radius 1 is 1.50 bits per heavy atom. The minimum atomic E-state index is -3.66. The van der Waals surface area contributed by atoms with E-state index in [1.807, 2.05) is 0 Å². The van der Waals surface area contributed by atoms with Gasteiger partial charge in [0.15, 0.2) is 0 Å². The minimum absolute atomic E-state index is 0.201. The smallest absolute Gasteiger partial charge is 0.332 e. The third kappa shape index (κ3) is 16.2. The first kappa shape index (κ1) is 13.9. The maximum absolute atomic E-state index is 9.56. The molecular formula is C5H12O6S. The third-order valence-electron chi connectivity index (χ3n) is 0.722. The second kappa shape index (κ2) is 5.92. The molecule has 0 aliphatic rings. The van der Waals surface area contributed by atoms with Crippen molar-refractivity contribution in [2.45, 2.75) is 20.0 Å². The molecule has 74 valence electrons. The molecule has 0 bridgehead atoms. The van der Waals surface area contributed by atoms with Gasteiger partial charge in [-0.05, 0) is 13.8 Å². The zero-order chi connectivity index (χ0) is 10.4. The Morgan fingerprint density at radius 2 is 1.67 bits per heavy atom. The lowest BCUT2D eigenvalue weighted by Gasteiger charge is -1.89. The SMILES string of the molecule is CC(O)C(=O)O.CCS(=O)(=O)O. The summed E-state index contributed by atoms with van der Waals surface area (Å²) in [6.07, 6.45) is -1.23. The molecule has 12 heavy (non-hydrogen) atoms. The van der Waals surface area contributed by atoms with Crippen molar-refractivity contribution < 1.29 is 28.0 Å². The highest BCUT2D eigenvalue weighted by molar-refractivity contribution is 7.85. The van der Waals surface area contributed by atoms with Crippen LogP contribution in [0.1, 0.15) is 13.8 Å². The number of rotatable bonds is 2. The molecule has 0 spiro atoms. The average molecular weight is 200 g/mol. The van der Waals surface area contributed by atoms with Crippen LogP contribution in [-0.2, 0) is 14.9 Å². The molecule has 0 fully saturated rings. The zero-order valence-electron chi connectivity index (χ0n) is 6.76. The van der Waals surface area contributed by atoms with Crippen molar-refractivity contribution >= 4 is 16.1 Å². The molecule has 0 rings (SSSR count). The largest absolute Gasteiger partial charge is 0.479 e. The fraction of sp³-hybridized carbons (Fsp3) is 0.800. The van der Waals surface area contributed by atoms with E-state index < -0.39 is 22.2 Å². The van der Waals surface area contributed by atoms with Crippen molar-refractivity contribution in [2.75, 3.05) is 5.75 Å². The van der Waals surface area contributed by atoms with Crippen LogP contribution >= 0.6 is 0 Å². The van der Waals surface area contributed by atoms with E-state index >= 15 is 0 Å². The Morgan fingerprint density at radius 3 is 1.67 bits per heavy atom. The molecule has 0 aliphatic carbocycles. The fourth-order valence-electron chi connectivity index (χ4n) is 0. The van der Waals surface area contributed by atoms with Crippen molar-refractivity contribution in [3.8, 4) is 0 Å². The topological polar surface area (TPSA) is 112 Å². The summed E-state index contributed by atoms with van der Waals surface area (Å²) in [6, 6.07) is 0. The van der Waals surface area contributed by atoms with Crippen LogP contribution in [0.4, 0.5) is 0 Å². The van der Waals surface area contributed by atoms with Gasteiger partial charge in [-0.25, -0.2) is 4.79 Å². The highest BCUT2D eigenvalue weighted by Crippen LogP contribution is 1.74. The Labute approximate surface area is 70.6 Å². The first-order valence-corrected chi connectivity index (χ1v) is 4.67. The summed E-state index contributed by atoms with van der Waals surface area (Å²) < 4.78 is 26.9. The average Bonchev–Trinajstić information content (AvgIpc) is 1.87. The van der Waals surface area contributed by atoms with Crippen LogP contribution in [-0.4, -0.2) is 41.0 Å². The first-order valence-electron chi connectivity index (χ1n) is 3.06. The Hall–Kier alpha value is -0.660. The molecule has 0 radical (unpaired) electrons. The van der Waals surface area contributed by atoms with E-state index in [1.54, 1.807) is 0 Å². The van der Waals surface area contributed by atoms with Crippen molar-refractivity contribution in [3.05, 3.63) is 0 Å². The molecule has 0 aliphatic heterocycles. The van der Waals surface area contributed by atoms with Crippen molar-refractivity contribution in [1.82, 2.24) is 0 Å². The van der Waals surface area contributed by atoms with Crippen LogP contribution < -0.4 is 0 Å². The summed E-state index contributed by atoms with van der Waals surface area (Å²) in [5.74, 6) is -1.39. The molecule has 0 saturated carbocycles. The molecule has 0 aromatic rings. The van der Waals surface area contributed by atoms with Gasteiger partial charge in [-0.2, -0.15) is 8.42 Å².